The first-order valence-electron chi connectivity index (χ1n) is 5.42. The highest BCUT2D eigenvalue weighted by Gasteiger charge is 1.89. The van der Waals surface area contributed by atoms with Crippen LogP contribution in [0, 0.1) is 5.41 Å². The van der Waals surface area contributed by atoms with Gasteiger partial charge in [0.1, 0.15) is 11.6 Å². The molecule has 0 spiro atoms. The number of ether oxygens (including phenoxy) is 1. The molecule has 2 aromatic carbocycles. The second-order valence-corrected chi connectivity index (χ2v) is 3.55. The monoisotopic (exact) mass is 243 g/mol. The summed E-state index contributed by atoms with van der Waals surface area (Å²) in [4.78, 5) is 0. The van der Waals surface area contributed by atoms with Gasteiger partial charge in [0.05, 0.1) is 7.11 Å². The smallest absolute Gasteiger partial charge is 0.122 e. The van der Waals surface area contributed by atoms with Crippen LogP contribution < -0.4 is 16.2 Å². The van der Waals surface area contributed by atoms with Crippen LogP contribution in [-0.2, 0) is 0 Å². The van der Waals surface area contributed by atoms with E-state index in [1.807, 2.05) is 42.5 Å². The van der Waals surface area contributed by atoms with Crippen LogP contribution in [-0.4, -0.2) is 12.9 Å². The van der Waals surface area contributed by atoms with Gasteiger partial charge in [0, 0.05) is 11.3 Å². The molecule has 0 fully saturated rings. The molecule has 0 bridgehead atoms. The summed E-state index contributed by atoms with van der Waals surface area (Å²) in [5.74, 6) is 0.958. The number of anilines is 1. The van der Waals surface area contributed by atoms with Crippen molar-refractivity contribution in [2.45, 2.75) is 0 Å². The number of amidine groups is 1. The second kappa shape index (κ2) is 6.96. The topological polar surface area (TPSA) is 85.1 Å². The Morgan fingerprint density at radius 2 is 1.56 bits per heavy atom. The number of methoxy groups -OCH3 is 1. The van der Waals surface area contributed by atoms with Crippen molar-refractivity contribution in [3.8, 4) is 5.75 Å². The lowest BCUT2D eigenvalue weighted by Gasteiger charge is -1.97. The minimum absolute atomic E-state index is 0.121. The lowest BCUT2D eigenvalue weighted by molar-refractivity contribution is 0.415. The molecule has 0 saturated carbocycles. The fourth-order valence-corrected chi connectivity index (χ4v) is 1.22. The molecule has 0 radical (unpaired) electrons. The molecule has 94 valence electrons. The molecule has 2 aromatic rings. The van der Waals surface area contributed by atoms with Crippen molar-refractivity contribution in [3.05, 3.63) is 60.2 Å². The summed E-state index contributed by atoms with van der Waals surface area (Å²) in [6, 6.07) is 16.5. The van der Waals surface area contributed by atoms with Crippen molar-refractivity contribution in [2.24, 2.45) is 5.73 Å². The van der Waals surface area contributed by atoms with E-state index in [2.05, 4.69) is 0 Å². The van der Waals surface area contributed by atoms with Crippen LogP contribution in [0.25, 0.3) is 0 Å². The quantitative estimate of drug-likeness (QED) is 0.429. The zero-order valence-corrected chi connectivity index (χ0v) is 10.3. The maximum atomic E-state index is 7.01. The lowest BCUT2D eigenvalue weighted by Crippen LogP contribution is -2.10. The first kappa shape index (κ1) is 13.6. The lowest BCUT2D eigenvalue weighted by atomic mass is 10.2. The molecule has 4 nitrogen and oxygen atoms in total. The Kier molecular flexibility index (Phi) is 5.25. The first-order chi connectivity index (χ1) is 8.63. The molecule has 0 atom stereocenters. The second-order valence-electron chi connectivity index (χ2n) is 3.55. The third-order valence-corrected chi connectivity index (χ3v) is 2.20. The van der Waals surface area contributed by atoms with Crippen molar-refractivity contribution in [1.29, 1.82) is 5.41 Å². The summed E-state index contributed by atoms with van der Waals surface area (Å²) in [5.41, 5.74) is 12.2. The molecule has 4 heteroatoms. The largest absolute Gasteiger partial charge is 0.497 e. The molecule has 0 aliphatic carbocycles. The van der Waals surface area contributed by atoms with E-state index in [0.29, 0.717) is 0 Å². The minimum atomic E-state index is 0.121. The number of hydrogen-bond acceptors (Lipinski definition) is 3. The van der Waals surface area contributed by atoms with E-state index < -0.39 is 0 Å². The summed E-state index contributed by atoms with van der Waals surface area (Å²) in [6.07, 6.45) is 0. The van der Waals surface area contributed by atoms with Gasteiger partial charge < -0.3 is 16.2 Å². The van der Waals surface area contributed by atoms with Gasteiger partial charge in [-0.05, 0) is 24.3 Å². The zero-order chi connectivity index (χ0) is 13.4. The molecule has 0 saturated heterocycles. The number of nitrogen functional groups attached to an aromatic ring is 2. The van der Waals surface area contributed by atoms with Gasteiger partial charge in [-0.15, -0.1) is 0 Å². The Morgan fingerprint density at radius 3 is 1.94 bits per heavy atom. The van der Waals surface area contributed by atoms with Gasteiger partial charge in [-0.1, -0.05) is 30.3 Å². The van der Waals surface area contributed by atoms with Crippen LogP contribution in [0.4, 0.5) is 5.69 Å². The van der Waals surface area contributed by atoms with Gasteiger partial charge in [0.15, 0.2) is 0 Å². The van der Waals surface area contributed by atoms with Crippen molar-refractivity contribution in [1.82, 2.24) is 0 Å². The zero-order valence-electron chi connectivity index (χ0n) is 10.3. The van der Waals surface area contributed by atoms with Crippen molar-refractivity contribution >= 4 is 11.5 Å². The Bertz CT molecular complexity index is 480. The number of nitrogens with two attached hydrogens (primary N) is 2. The number of rotatable bonds is 2. The van der Waals surface area contributed by atoms with E-state index in [-0.39, 0.29) is 5.84 Å². The standard InChI is InChI=1S/C7H8N2.C7H9NO/c8-7(9)6-4-2-1-3-5-6;1-9-7-4-2-6(8)3-5-7/h1-5H,(H3,8,9);2-5H,8H2,1H3. The Morgan fingerprint density at radius 1 is 1.00 bits per heavy atom. The van der Waals surface area contributed by atoms with E-state index in [1.54, 1.807) is 19.2 Å². The summed E-state index contributed by atoms with van der Waals surface area (Å²) in [5, 5.41) is 7.01. The predicted octanol–water partition coefficient (Wildman–Crippen LogP) is 2.25. The van der Waals surface area contributed by atoms with Crippen LogP contribution in [0.2, 0.25) is 0 Å². The van der Waals surface area contributed by atoms with Crippen molar-refractivity contribution in [3.63, 3.8) is 0 Å². The molecule has 5 N–H and O–H groups in total. The number of hydrogen-bond donors (Lipinski definition) is 3. The summed E-state index contributed by atoms with van der Waals surface area (Å²) >= 11 is 0. The Labute approximate surface area is 107 Å². The maximum absolute atomic E-state index is 7.01. The highest BCUT2D eigenvalue weighted by Crippen LogP contribution is 2.11. The number of nitrogens with one attached hydrogen (secondary N) is 1. The minimum Gasteiger partial charge on any atom is -0.497 e. The van der Waals surface area contributed by atoms with Crippen LogP contribution in [0.3, 0.4) is 0 Å². The summed E-state index contributed by atoms with van der Waals surface area (Å²) in [6.45, 7) is 0. The van der Waals surface area contributed by atoms with Gasteiger partial charge in [-0.2, -0.15) is 0 Å². The van der Waals surface area contributed by atoms with E-state index in [4.69, 9.17) is 21.6 Å². The van der Waals surface area contributed by atoms with Crippen molar-refractivity contribution < 1.29 is 4.74 Å². The van der Waals surface area contributed by atoms with E-state index >= 15 is 0 Å². The molecule has 0 amide bonds. The normalized spacial score (nSPS) is 8.94. The van der Waals surface area contributed by atoms with Gasteiger partial charge in [-0.3, -0.25) is 5.41 Å². The van der Waals surface area contributed by atoms with E-state index in [9.17, 15) is 0 Å². The predicted molar refractivity (Wildman–Crippen MR) is 74.9 cm³/mol. The molecule has 0 unspecified atom stereocenters. The summed E-state index contributed by atoms with van der Waals surface area (Å²) < 4.78 is 4.91. The Hall–Kier alpha value is -2.49. The third-order valence-electron chi connectivity index (χ3n) is 2.20. The van der Waals surface area contributed by atoms with Crippen LogP contribution in [0.5, 0.6) is 5.75 Å². The fourth-order valence-electron chi connectivity index (χ4n) is 1.22. The Balaban J connectivity index is 0.000000180. The van der Waals surface area contributed by atoms with Gasteiger partial charge in [-0.25, -0.2) is 0 Å². The van der Waals surface area contributed by atoms with Crippen LogP contribution >= 0.6 is 0 Å². The molecule has 2 rings (SSSR count). The van der Waals surface area contributed by atoms with Gasteiger partial charge >= 0.3 is 0 Å². The molecule has 0 aromatic heterocycles. The van der Waals surface area contributed by atoms with Gasteiger partial charge in [0.2, 0.25) is 0 Å². The molecule has 18 heavy (non-hydrogen) atoms. The number of benzene rings is 2. The summed E-state index contributed by atoms with van der Waals surface area (Å²) in [7, 11) is 1.63. The van der Waals surface area contributed by atoms with E-state index in [1.165, 1.54) is 0 Å². The fraction of sp³-hybridized carbons (Fsp3) is 0.0714. The van der Waals surface area contributed by atoms with Crippen molar-refractivity contribution in [2.75, 3.05) is 12.8 Å². The van der Waals surface area contributed by atoms with Crippen LogP contribution in [0.15, 0.2) is 54.6 Å². The van der Waals surface area contributed by atoms with Gasteiger partial charge in [0.25, 0.3) is 0 Å². The average Bonchev–Trinajstić information content (AvgIpc) is 2.41. The molecule has 0 aliphatic rings. The molecular weight excluding hydrogens is 226 g/mol. The highest BCUT2D eigenvalue weighted by molar-refractivity contribution is 5.94. The molecular formula is C14H17N3O. The maximum Gasteiger partial charge on any atom is 0.122 e. The third kappa shape index (κ3) is 4.57. The first-order valence-corrected chi connectivity index (χ1v) is 5.42. The average molecular weight is 243 g/mol. The molecule has 0 aliphatic heterocycles. The molecule has 0 heterocycles. The SMILES string of the molecule is COc1ccc(N)cc1.N=C(N)c1ccccc1. The highest BCUT2D eigenvalue weighted by atomic mass is 16.5. The van der Waals surface area contributed by atoms with E-state index in [0.717, 1.165) is 17.0 Å². The van der Waals surface area contributed by atoms with Crippen LogP contribution in [0.1, 0.15) is 5.56 Å².